The Bertz CT molecular complexity index is 924. The first-order valence-electron chi connectivity index (χ1n) is 11.9. The van der Waals surface area contributed by atoms with Crippen molar-refractivity contribution in [3.8, 4) is 5.75 Å². The summed E-state index contributed by atoms with van der Waals surface area (Å²) in [6, 6.07) is 27.8. The summed E-state index contributed by atoms with van der Waals surface area (Å²) in [5.74, 6) is 0.589. The molecule has 4 nitrogen and oxygen atoms in total. The Morgan fingerprint density at radius 3 is 1.77 bits per heavy atom. The zero-order chi connectivity index (χ0) is 25.0. The van der Waals surface area contributed by atoms with Crippen LogP contribution < -0.4 is 39.4 Å². The van der Waals surface area contributed by atoms with Crippen molar-refractivity contribution in [3.63, 3.8) is 0 Å². The van der Waals surface area contributed by atoms with E-state index in [9.17, 15) is 10.0 Å². The largest absolute Gasteiger partial charge is 1.00 e. The molecule has 182 valence electrons. The summed E-state index contributed by atoms with van der Waals surface area (Å²) in [4.78, 5) is 0. The predicted octanol–water partition coefficient (Wildman–Crippen LogP) is 0.946. The molecule has 0 radical (unpaired) electrons. The maximum atomic E-state index is 9.35. The minimum Gasteiger partial charge on any atom is -0.491 e. The monoisotopic (exact) mass is 484 g/mol. The van der Waals surface area contributed by atoms with E-state index >= 15 is 0 Å². The second-order valence-electron chi connectivity index (χ2n) is 9.16. The molecule has 0 atom stereocenters. The van der Waals surface area contributed by atoms with E-state index in [2.05, 4.69) is 83.1 Å². The van der Waals surface area contributed by atoms with Gasteiger partial charge < -0.3 is 26.1 Å². The summed E-state index contributed by atoms with van der Waals surface area (Å²) in [6.07, 6.45) is 2.28. The predicted molar refractivity (Wildman–Crippen MR) is 146 cm³/mol. The van der Waals surface area contributed by atoms with E-state index in [0.717, 1.165) is 6.42 Å². The Morgan fingerprint density at radius 2 is 1.34 bits per heavy atom. The van der Waals surface area contributed by atoms with Gasteiger partial charge in [0.15, 0.2) is 0 Å². The molecule has 2 N–H and O–H groups in total. The third-order valence-electron chi connectivity index (χ3n) is 5.60. The van der Waals surface area contributed by atoms with Crippen LogP contribution in [-0.2, 0) is 4.43 Å². The molecule has 3 rings (SSSR count). The van der Waals surface area contributed by atoms with E-state index in [0.29, 0.717) is 24.4 Å². The van der Waals surface area contributed by atoms with Crippen molar-refractivity contribution >= 4 is 31.3 Å². The number of benzene rings is 3. The van der Waals surface area contributed by atoms with Gasteiger partial charge in [0.25, 0.3) is 8.32 Å². The average molecular weight is 484 g/mol. The van der Waals surface area contributed by atoms with Gasteiger partial charge in [0, 0.05) is 0 Å². The van der Waals surface area contributed by atoms with Crippen LogP contribution in [0.25, 0.3) is 0 Å². The summed E-state index contributed by atoms with van der Waals surface area (Å²) in [5.41, 5.74) is 0.403. The van der Waals surface area contributed by atoms with Crippen molar-refractivity contribution in [3.05, 3.63) is 91.9 Å². The fourth-order valence-corrected chi connectivity index (χ4v) is 8.43. The van der Waals surface area contributed by atoms with Gasteiger partial charge in [0.05, 0.1) is 6.61 Å². The number of hydrogen-bond donors (Lipinski definition) is 2. The number of rotatable bonds is 9. The van der Waals surface area contributed by atoms with Gasteiger partial charge in [-0.15, -0.1) is 0 Å². The van der Waals surface area contributed by atoms with E-state index in [1.165, 1.54) is 16.8 Å². The Hall–Kier alpha value is -1.78. The third kappa shape index (κ3) is 8.68. The number of ether oxygens (including phenoxy) is 1. The average Bonchev–Trinajstić information content (AvgIpc) is 2.85. The van der Waals surface area contributed by atoms with Gasteiger partial charge in [-0.1, -0.05) is 107 Å². The molecule has 0 spiro atoms. The first-order chi connectivity index (χ1) is 16.3. The molecule has 7 heteroatoms. The second kappa shape index (κ2) is 15.4. The van der Waals surface area contributed by atoms with Crippen molar-refractivity contribution in [1.29, 1.82) is 0 Å². The van der Waals surface area contributed by atoms with Crippen LogP contribution in [0.1, 0.15) is 40.5 Å². The first-order valence-corrected chi connectivity index (χ1v) is 13.8. The standard InChI is InChI=1S/C24H29BO4Si.C4H9.Li/c1-24(2,3)30(22-13-6-4-7-14-22,23-15-8-5-9-16-23)29-18-17-28-21-12-10-11-20(19-21)25(26)27;1-3-4-2;/h4-16,19,26-27H,17-18H2,1-3H3;1,3-4H2,2H3;/q;-1;+1. The molecule has 0 aliphatic rings. The molecule has 0 saturated heterocycles. The number of unbranched alkanes of at least 4 members (excludes halogenated alkanes) is 1. The SMILES string of the molecule is CC(C)(C)[Si](OCCOc1cccc(B(O)O)c1)(c1ccccc1)c1ccccc1.[CH2-]CCC.[Li+]. The maximum Gasteiger partial charge on any atom is 1.00 e. The normalized spacial score (nSPS) is 11.1. The summed E-state index contributed by atoms with van der Waals surface area (Å²) in [7, 11) is -4.09. The van der Waals surface area contributed by atoms with Crippen molar-refractivity contribution in [2.75, 3.05) is 13.2 Å². The second-order valence-corrected chi connectivity index (χ2v) is 13.5. The van der Waals surface area contributed by atoms with Crippen LogP contribution in [0.2, 0.25) is 5.04 Å². The molecule has 0 heterocycles. The van der Waals surface area contributed by atoms with Crippen LogP contribution in [0.5, 0.6) is 5.75 Å². The first kappa shape index (κ1) is 31.2. The molecule has 35 heavy (non-hydrogen) atoms. The van der Waals surface area contributed by atoms with Crippen LogP contribution >= 0.6 is 0 Å². The molecule has 0 fully saturated rings. The summed E-state index contributed by atoms with van der Waals surface area (Å²) < 4.78 is 12.6. The van der Waals surface area contributed by atoms with Gasteiger partial charge in [-0.2, -0.15) is 6.42 Å². The molecule has 0 aliphatic carbocycles. The van der Waals surface area contributed by atoms with E-state index in [1.54, 1.807) is 24.3 Å². The number of hydrogen-bond acceptors (Lipinski definition) is 4. The van der Waals surface area contributed by atoms with E-state index in [-0.39, 0.29) is 23.9 Å². The van der Waals surface area contributed by atoms with Crippen molar-refractivity contribution in [1.82, 2.24) is 0 Å². The molecule has 0 saturated carbocycles. The van der Waals surface area contributed by atoms with Gasteiger partial charge in [0.1, 0.15) is 12.4 Å². The van der Waals surface area contributed by atoms with Gasteiger partial charge >= 0.3 is 26.0 Å². The van der Waals surface area contributed by atoms with Crippen molar-refractivity contribution in [2.24, 2.45) is 0 Å². The maximum absolute atomic E-state index is 9.35. The van der Waals surface area contributed by atoms with Crippen molar-refractivity contribution in [2.45, 2.75) is 45.6 Å². The van der Waals surface area contributed by atoms with Crippen LogP contribution in [0, 0.1) is 6.92 Å². The van der Waals surface area contributed by atoms with Gasteiger partial charge in [-0.25, -0.2) is 0 Å². The fourth-order valence-electron chi connectivity index (χ4n) is 3.88. The Morgan fingerprint density at radius 1 is 0.829 bits per heavy atom. The summed E-state index contributed by atoms with van der Waals surface area (Å²) in [6.45, 7) is 13.2. The van der Waals surface area contributed by atoms with Gasteiger partial charge in [-0.3, -0.25) is 0 Å². The molecule has 0 bridgehead atoms. The Balaban J connectivity index is 0.00000114. The Kier molecular flexibility index (Phi) is 13.7. The quantitative estimate of drug-likeness (QED) is 0.270. The molecule has 3 aromatic rings. The van der Waals surface area contributed by atoms with Gasteiger partial charge in [0.2, 0.25) is 0 Å². The molecule has 0 aromatic heterocycles. The summed E-state index contributed by atoms with van der Waals surface area (Å²) in [5, 5.41) is 21.1. The third-order valence-corrected chi connectivity index (χ3v) is 10.6. The van der Waals surface area contributed by atoms with E-state index in [1.807, 2.05) is 12.1 Å². The molecule has 0 amide bonds. The summed E-state index contributed by atoms with van der Waals surface area (Å²) >= 11 is 0. The molecular weight excluding hydrogens is 446 g/mol. The van der Waals surface area contributed by atoms with Crippen LogP contribution in [0.15, 0.2) is 84.9 Å². The smallest absolute Gasteiger partial charge is 0.491 e. The van der Waals surface area contributed by atoms with E-state index in [4.69, 9.17) is 9.16 Å². The Labute approximate surface area is 225 Å². The van der Waals surface area contributed by atoms with Crippen LogP contribution in [-0.4, -0.2) is 38.7 Å². The molecule has 0 aliphatic heterocycles. The van der Waals surface area contributed by atoms with Crippen LogP contribution in [0.4, 0.5) is 0 Å². The van der Waals surface area contributed by atoms with E-state index < -0.39 is 15.4 Å². The minimum atomic E-state index is -2.58. The molecular formula is C28H38BLiO4Si. The van der Waals surface area contributed by atoms with Crippen molar-refractivity contribution < 1.29 is 38.1 Å². The topological polar surface area (TPSA) is 58.9 Å². The molecule has 0 unspecified atom stereocenters. The van der Waals surface area contributed by atoms with Gasteiger partial charge in [-0.05, 0) is 33.0 Å². The minimum absolute atomic E-state index is 0. The zero-order valence-electron chi connectivity index (χ0n) is 21.9. The molecule has 3 aromatic carbocycles. The zero-order valence-corrected chi connectivity index (χ0v) is 22.9. The van der Waals surface area contributed by atoms with Crippen LogP contribution in [0.3, 0.4) is 0 Å². The fraction of sp³-hybridized carbons (Fsp3) is 0.321.